The lowest BCUT2D eigenvalue weighted by Gasteiger charge is -2.20. The van der Waals surface area contributed by atoms with Gasteiger partial charge in [-0.05, 0) is 32.3 Å². The van der Waals surface area contributed by atoms with Gasteiger partial charge in [-0.15, -0.1) is 0 Å². The first-order valence-corrected chi connectivity index (χ1v) is 9.73. The topological polar surface area (TPSA) is 50.2 Å². The van der Waals surface area contributed by atoms with Gasteiger partial charge in [-0.2, -0.15) is 0 Å². The van der Waals surface area contributed by atoms with Crippen LogP contribution in [0, 0.1) is 12.8 Å². The molecule has 2 aromatic rings. The number of aryl methyl sites for hydroxylation is 2. The summed E-state index contributed by atoms with van der Waals surface area (Å²) in [6.07, 6.45) is 6.00. The van der Waals surface area contributed by atoms with Gasteiger partial charge < -0.3 is 9.88 Å². The van der Waals surface area contributed by atoms with Crippen molar-refractivity contribution < 1.29 is 4.79 Å². The molecule has 5 heteroatoms. The summed E-state index contributed by atoms with van der Waals surface area (Å²) in [4.78, 5) is 19.3. The fourth-order valence-electron chi connectivity index (χ4n) is 3.94. The van der Waals surface area contributed by atoms with Crippen LogP contribution in [0.2, 0.25) is 0 Å². The van der Waals surface area contributed by atoms with Crippen LogP contribution < -0.4 is 5.32 Å². The molecule has 26 heavy (non-hydrogen) atoms. The van der Waals surface area contributed by atoms with E-state index in [0.717, 1.165) is 44.8 Å². The lowest BCUT2D eigenvalue weighted by atomic mass is 9.93. The molecule has 1 saturated carbocycles. The third-order valence-corrected chi connectivity index (χ3v) is 5.68. The number of rotatable bonds is 6. The highest BCUT2D eigenvalue weighted by Crippen LogP contribution is 2.32. The largest absolute Gasteiger partial charge is 0.351 e. The van der Waals surface area contributed by atoms with E-state index >= 15 is 0 Å². The molecule has 0 spiro atoms. The third-order valence-electron chi connectivity index (χ3n) is 5.68. The third kappa shape index (κ3) is 3.68. The fourth-order valence-corrected chi connectivity index (χ4v) is 3.94. The number of benzene rings is 1. The number of nitrogens with zero attached hydrogens (tertiary/aromatic N) is 3. The summed E-state index contributed by atoms with van der Waals surface area (Å²) in [5.74, 6) is 1.93. The molecule has 5 nitrogen and oxygen atoms in total. The second-order valence-electron chi connectivity index (χ2n) is 7.73. The highest BCUT2D eigenvalue weighted by molar-refractivity contribution is 5.81. The lowest BCUT2D eigenvalue weighted by Crippen LogP contribution is -2.40. The summed E-state index contributed by atoms with van der Waals surface area (Å²) < 4.78 is 2.19. The van der Waals surface area contributed by atoms with Crippen LogP contribution in [0.15, 0.2) is 36.7 Å². The summed E-state index contributed by atoms with van der Waals surface area (Å²) >= 11 is 0. The number of likely N-dealkylation sites (tertiary alicyclic amines) is 1. The first kappa shape index (κ1) is 17.3. The van der Waals surface area contributed by atoms with E-state index in [1.54, 1.807) is 0 Å². The maximum Gasteiger partial charge on any atom is 0.223 e. The van der Waals surface area contributed by atoms with E-state index in [4.69, 9.17) is 0 Å². The molecule has 2 atom stereocenters. The maximum absolute atomic E-state index is 12.4. The standard InChI is InChI=1S/C21H28N4O/c1-3-25-11-10-22-20(25)14-24-12-18(16-6-4-15(2)5-7-16)19(13-24)23-21(26)17-8-9-17/h4-7,10-11,17-19H,3,8-9,12-14H2,1-2H3,(H,23,26). The monoisotopic (exact) mass is 352 g/mol. The van der Waals surface area contributed by atoms with Crippen molar-refractivity contribution in [3.63, 3.8) is 0 Å². The van der Waals surface area contributed by atoms with Gasteiger partial charge in [0.25, 0.3) is 0 Å². The van der Waals surface area contributed by atoms with E-state index < -0.39 is 0 Å². The molecule has 0 bridgehead atoms. The van der Waals surface area contributed by atoms with Crippen molar-refractivity contribution >= 4 is 5.91 Å². The average Bonchev–Trinajstić information content (AvgIpc) is 3.29. The van der Waals surface area contributed by atoms with Gasteiger partial charge in [-0.3, -0.25) is 9.69 Å². The highest BCUT2D eigenvalue weighted by Gasteiger charge is 2.38. The Morgan fingerprint density at radius 2 is 2.00 bits per heavy atom. The Morgan fingerprint density at radius 1 is 1.23 bits per heavy atom. The zero-order valence-electron chi connectivity index (χ0n) is 15.7. The highest BCUT2D eigenvalue weighted by atomic mass is 16.2. The molecule has 1 N–H and O–H groups in total. The van der Waals surface area contributed by atoms with Crippen LogP contribution in [0.25, 0.3) is 0 Å². The predicted molar refractivity (Wildman–Crippen MR) is 102 cm³/mol. The number of imidazole rings is 1. The SMILES string of the molecule is CCn1ccnc1CN1CC(NC(=O)C2CC2)C(c2ccc(C)cc2)C1. The van der Waals surface area contributed by atoms with E-state index in [2.05, 4.69) is 57.9 Å². The van der Waals surface area contributed by atoms with Crippen molar-refractivity contribution in [3.8, 4) is 0 Å². The molecule has 2 fully saturated rings. The number of hydrogen-bond donors (Lipinski definition) is 1. The van der Waals surface area contributed by atoms with Crippen molar-refractivity contribution in [2.24, 2.45) is 5.92 Å². The molecule has 2 unspecified atom stereocenters. The molecule has 1 aliphatic carbocycles. The van der Waals surface area contributed by atoms with Crippen LogP contribution in [0.3, 0.4) is 0 Å². The van der Waals surface area contributed by atoms with Crippen LogP contribution in [0.5, 0.6) is 0 Å². The molecule has 2 aliphatic rings. The first-order chi connectivity index (χ1) is 12.6. The minimum atomic E-state index is 0.177. The van der Waals surface area contributed by atoms with Crippen molar-refractivity contribution in [1.29, 1.82) is 0 Å². The van der Waals surface area contributed by atoms with Crippen LogP contribution in [0.1, 0.15) is 42.6 Å². The van der Waals surface area contributed by atoms with Gasteiger partial charge in [0, 0.05) is 49.9 Å². The van der Waals surface area contributed by atoms with Crippen LogP contribution in [0.4, 0.5) is 0 Å². The minimum Gasteiger partial charge on any atom is -0.351 e. The molecule has 1 aliphatic heterocycles. The van der Waals surface area contributed by atoms with Crippen molar-refractivity contribution in [3.05, 3.63) is 53.6 Å². The molecule has 4 rings (SSSR count). The predicted octanol–water partition coefficient (Wildman–Crippen LogP) is 2.71. The minimum absolute atomic E-state index is 0.177. The average molecular weight is 352 g/mol. The Morgan fingerprint density at radius 3 is 2.69 bits per heavy atom. The Kier molecular flexibility index (Phi) is 4.81. The quantitative estimate of drug-likeness (QED) is 0.870. The van der Waals surface area contributed by atoms with Gasteiger partial charge in [0.05, 0.1) is 6.54 Å². The molecule has 1 aromatic carbocycles. The number of hydrogen-bond acceptors (Lipinski definition) is 3. The number of nitrogens with one attached hydrogen (secondary N) is 1. The molecule has 2 heterocycles. The van der Waals surface area contributed by atoms with E-state index in [9.17, 15) is 4.79 Å². The molecular formula is C21H28N4O. The molecule has 1 amide bonds. The van der Waals surface area contributed by atoms with Gasteiger partial charge >= 0.3 is 0 Å². The fraction of sp³-hybridized carbons (Fsp3) is 0.524. The number of amides is 1. The van der Waals surface area contributed by atoms with E-state index in [1.165, 1.54) is 11.1 Å². The normalized spacial score (nSPS) is 23.3. The number of carbonyl (C=O) groups is 1. The van der Waals surface area contributed by atoms with E-state index in [1.807, 2.05) is 12.4 Å². The zero-order chi connectivity index (χ0) is 18.1. The smallest absolute Gasteiger partial charge is 0.223 e. The van der Waals surface area contributed by atoms with Crippen molar-refractivity contribution in [1.82, 2.24) is 19.8 Å². The van der Waals surface area contributed by atoms with Gasteiger partial charge in [0.15, 0.2) is 0 Å². The maximum atomic E-state index is 12.4. The van der Waals surface area contributed by atoms with Crippen molar-refractivity contribution in [2.45, 2.75) is 51.7 Å². The Hall–Kier alpha value is -2.14. The van der Waals surface area contributed by atoms with E-state index in [-0.39, 0.29) is 17.9 Å². The molecule has 138 valence electrons. The van der Waals surface area contributed by atoms with E-state index in [0.29, 0.717) is 5.92 Å². The summed E-state index contributed by atoms with van der Waals surface area (Å²) in [7, 11) is 0. The molecule has 1 saturated heterocycles. The van der Waals surface area contributed by atoms with Gasteiger partial charge in [0.2, 0.25) is 5.91 Å². The lowest BCUT2D eigenvalue weighted by molar-refractivity contribution is -0.123. The molecular weight excluding hydrogens is 324 g/mol. The van der Waals surface area contributed by atoms with Gasteiger partial charge in [0.1, 0.15) is 5.82 Å². The zero-order valence-corrected chi connectivity index (χ0v) is 15.7. The van der Waals surface area contributed by atoms with Gasteiger partial charge in [-0.25, -0.2) is 4.98 Å². The summed E-state index contributed by atoms with van der Waals surface area (Å²) in [5, 5.41) is 3.33. The summed E-state index contributed by atoms with van der Waals surface area (Å²) in [6, 6.07) is 8.94. The van der Waals surface area contributed by atoms with Crippen LogP contribution in [-0.4, -0.2) is 39.5 Å². The second kappa shape index (κ2) is 7.23. The Balaban J connectivity index is 1.51. The van der Waals surface area contributed by atoms with Crippen molar-refractivity contribution in [2.75, 3.05) is 13.1 Å². The van der Waals surface area contributed by atoms with Crippen LogP contribution >= 0.6 is 0 Å². The number of carbonyl (C=O) groups excluding carboxylic acids is 1. The van der Waals surface area contributed by atoms with Crippen LogP contribution in [-0.2, 0) is 17.9 Å². The van der Waals surface area contributed by atoms with Gasteiger partial charge in [-0.1, -0.05) is 29.8 Å². The second-order valence-corrected chi connectivity index (χ2v) is 7.73. The molecule has 1 aromatic heterocycles. The Bertz CT molecular complexity index is 763. The summed E-state index contributed by atoms with van der Waals surface area (Å²) in [6.45, 7) is 7.86. The summed E-state index contributed by atoms with van der Waals surface area (Å²) in [5.41, 5.74) is 2.59. The first-order valence-electron chi connectivity index (χ1n) is 9.73. The molecule has 0 radical (unpaired) electrons. The Labute approximate surface area is 155 Å². The number of aromatic nitrogens is 2.